The monoisotopic (exact) mass is 577 g/mol. The van der Waals surface area contributed by atoms with E-state index in [9.17, 15) is 14.3 Å². The van der Waals surface area contributed by atoms with Crippen LogP contribution in [0.1, 0.15) is 82.4 Å². The highest BCUT2D eigenvalue weighted by Crippen LogP contribution is 2.43. The van der Waals surface area contributed by atoms with Crippen LogP contribution in [-0.4, -0.2) is 46.3 Å². The molecular formula is C34H44FN3O4. The van der Waals surface area contributed by atoms with Crippen molar-refractivity contribution >= 4 is 11.7 Å². The fourth-order valence-electron chi connectivity index (χ4n) is 5.19. The van der Waals surface area contributed by atoms with E-state index >= 15 is 0 Å². The average molecular weight is 578 g/mol. The van der Waals surface area contributed by atoms with Gasteiger partial charge in [0.25, 0.3) is 0 Å². The maximum Gasteiger partial charge on any atom is 0.337 e. The first-order valence-corrected chi connectivity index (χ1v) is 14.8. The Kier molecular flexibility index (Phi) is 9.56. The number of rotatable bonds is 11. The van der Waals surface area contributed by atoms with Crippen LogP contribution in [0, 0.1) is 25.1 Å². The molecule has 42 heavy (non-hydrogen) atoms. The number of benzene rings is 1. The van der Waals surface area contributed by atoms with Gasteiger partial charge < -0.3 is 19.5 Å². The summed E-state index contributed by atoms with van der Waals surface area (Å²) in [6.07, 6.45) is 5.62. The fourth-order valence-corrected chi connectivity index (χ4v) is 5.19. The Morgan fingerprint density at radius 3 is 2.38 bits per heavy atom. The molecule has 1 atom stereocenters. The van der Waals surface area contributed by atoms with Gasteiger partial charge in [-0.05, 0) is 81.7 Å². The van der Waals surface area contributed by atoms with Crippen LogP contribution in [0.2, 0.25) is 0 Å². The van der Waals surface area contributed by atoms with E-state index in [-0.39, 0.29) is 11.2 Å². The number of carbonyl (C=O) groups is 1. The molecule has 2 aromatic heterocycles. The number of pyridine rings is 2. The second kappa shape index (κ2) is 12.8. The average Bonchev–Trinajstić information content (AvgIpc) is 2.94. The van der Waals surface area contributed by atoms with Crippen molar-refractivity contribution in [2.24, 2.45) is 5.41 Å². The number of aromatic nitrogens is 2. The van der Waals surface area contributed by atoms with Crippen LogP contribution in [-0.2, 0) is 16.0 Å². The first-order chi connectivity index (χ1) is 19.8. The topological polar surface area (TPSA) is 84.8 Å². The molecule has 1 aliphatic rings. The summed E-state index contributed by atoms with van der Waals surface area (Å²) in [7, 11) is 0. The molecule has 4 rings (SSSR count). The molecule has 0 spiro atoms. The van der Waals surface area contributed by atoms with E-state index in [1.807, 2.05) is 40.7 Å². The Hall–Kier alpha value is -3.52. The van der Waals surface area contributed by atoms with E-state index in [0.717, 1.165) is 48.3 Å². The zero-order chi connectivity index (χ0) is 30.7. The maximum absolute atomic E-state index is 13.2. The van der Waals surface area contributed by atoms with Crippen molar-refractivity contribution in [1.29, 1.82) is 0 Å². The summed E-state index contributed by atoms with van der Waals surface area (Å²) in [6.45, 7) is 16.2. The second-order valence-corrected chi connectivity index (χ2v) is 12.7. The van der Waals surface area contributed by atoms with Gasteiger partial charge in [-0.3, -0.25) is 9.97 Å². The molecule has 0 aliphatic carbocycles. The number of carboxylic acids is 1. The summed E-state index contributed by atoms with van der Waals surface area (Å²) in [4.78, 5) is 24.5. The van der Waals surface area contributed by atoms with Crippen molar-refractivity contribution in [2.45, 2.75) is 85.9 Å². The van der Waals surface area contributed by atoms with E-state index in [1.165, 1.54) is 12.1 Å². The van der Waals surface area contributed by atoms with Crippen molar-refractivity contribution in [3.63, 3.8) is 0 Å². The van der Waals surface area contributed by atoms with Gasteiger partial charge in [0.2, 0.25) is 0 Å². The van der Waals surface area contributed by atoms with Crippen LogP contribution in [0.25, 0.3) is 11.3 Å². The first-order valence-electron chi connectivity index (χ1n) is 14.8. The van der Waals surface area contributed by atoms with Crippen molar-refractivity contribution in [1.82, 2.24) is 9.97 Å². The highest BCUT2D eigenvalue weighted by atomic mass is 19.1. The van der Waals surface area contributed by atoms with E-state index in [0.29, 0.717) is 42.1 Å². The smallest absolute Gasteiger partial charge is 0.337 e. The number of ether oxygens (including phenoxy) is 2. The summed E-state index contributed by atoms with van der Waals surface area (Å²) in [5.74, 6) is -0.628. The number of aliphatic carboxylic acids is 1. The molecule has 8 heteroatoms. The second-order valence-electron chi connectivity index (χ2n) is 12.7. The number of nitrogens with zero attached hydrogens (tertiary/aromatic N) is 3. The van der Waals surface area contributed by atoms with Gasteiger partial charge in [0, 0.05) is 42.5 Å². The third-order valence-corrected chi connectivity index (χ3v) is 8.40. The molecule has 3 aromatic rings. The van der Waals surface area contributed by atoms with E-state index < -0.39 is 17.7 Å². The minimum atomic E-state index is -1.17. The number of halogens is 1. The molecule has 1 saturated heterocycles. The van der Waals surface area contributed by atoms with Gasteiger partial charge in [-0.1, -0.05) is 32.9 Å². The molecule has 1 fully saturated rings. The lowest BCUT2D eigenvalue weighted by Crippen LogP contribution is -2.39. The van der Waals surface area contributed by atoms with Crippen molar-refractivity contribution < 1.29 is 23.8 Å². The number of anilines is 1. The summed E-state index contributed by atoms with van der Waals surface area (Å²) >= 11 is 0. The molecule has 0 unspecified atom stereocenters. The molecule has 7 nitrogen and oxygen atoms in total. The first kappa shape index (κ1) is 31.4. The number of piperidine rings is 1. The van der Waals surface area contributed by atoms with Gasteiger partial charge in [-0.25, -0.2) is 9.18 Å². The number of carboxylic acid groups (broad SMARTS) is 1. The molecule has 1 aromatic carbocycles. The quantitative estimate of drug-likeness (QED) is 0.253. The van der Waals surface area contributed by atoms with Crippen molar-refractivity contribution in [3.05, 3.63) is 70.9 Å². The Morgan fingerprint density at radius 2 is 1.79 bits per heavy atom. The molecule has 0 saturated carbocycles. The van der Waals surface area contributed by atoms with Crippen LogP contribution in [0.3, 0.4) is 0 Å². The Bertz CT molecular complexity index is 1390. The fraction of sp³-hybridized carbons (Fsp3) is 0.500. The molecule has 226 valence electrons. The molecule has 1 aliphatic heterocycles. The van der Waals surface area contributed by atoms with E-state index in [4.69, 9.17) is 14.5 Å². The highest BCUT2D eigenvalue weighted by molar-refractivity contribution is 5.85. The molecule has 0 amide bonds. The SMILES string of the molecule is CCC(C)(C)O[C@H](C(=O)O)c1c(C)ncc(-c2cc(C)c(OCCc3ccc(F)cc3)cn2)c1N1CCC(C)(C)CC1. The minimum Gasteiger partial charge on any atom is -0.491 e. The molecule has 3 heterocycles. The standard InChI is InChI=1S/C34H44FN3O4/c1-8-34(6,7)42-31(32(39)40)29-23(3)36-20-26(30(29)38-16-14-33(4,5)15-17-38)27-19-22(2)28(21-37-27)41-18-13-24-9-11-25(35)12-10-24/h9-12,19-21,31H,8,13-18H2,1-7H3,(H,39,40)/t31-/m0/s1. The summed E-state index contributed by atoms with van der Waals surface area (Å²) in [6, 6.07) is 8.38. The highest BCUT2D eigenvalue weighted by Gasteiger charge is 2.36. The largest absolute Gasteiger partial charge is 0.491 e. The summed E-state index contributed by atoms with van der Waals surface area (Å²) < 4.78 is 25.5. The predicted octanol–water partition coefficient (Wildman–Crippen LogP) is 7.48. The van der Waals surface area contributed by atoms with Crippen molar-refractivity contribution in [2.75, 3.05) is 24.6 Å². The van der Waals surface area contributed by atoms with Crippen LogP contribution in [0.15, 0.2) is 42.7 Å². The molecule has 1 N–H and O–H groups in total. The lowest BCUT2D eigenvalue weighted by Gasteiger charge is -2.41. The Balaban J connectivity index is 1.72. The van der Waals surface area contributed by atoms with Gasteiger partial charge in [0.1, 0.15) is 11.6 Å². The zero-order valence-corrected chi connectivity index (χ0v) is 26.0. The van der Waals surface area contributed by atoms with Gasteiger partial charge >= 0.3 is 5.97 Å². The lowest BCUT2D eigenvalue weighted by atomic mass is 9.82. The van der Waals surface area contributed by atoms with Crippen LogP contribution >= 0.6 is 0 Å². The minimum absolute atomic E-state index is 0.216. The number of hydrogen-bond donors (Lipinski definition) is 1. The van der Waals surface area contributed by atoms with Crippen LogP contribution < -0.4 is 9.64 Å². The third kappa shape index (κ3) is 7.46. The molecule has 0 bridgehead atoms. The number of hydrogen-bond acceptors (Lipinski definition) is 6. The van der Waals surface area contributed by atoms with Gasteiger partial charge in [0.05, 0.1) is 29.8 Å². The van der Waals surface area contributed by atoms with E-state index in [2.05, 4.69) is 23.7 Å². The Labute approximate surface area is 249 Å². The maximum atomic E-state index is 13.2. The Morgan fingerprint density at radius 1 is 1.12 bits per heavy atom. The predicted molar refractivity (Wildman–Crippen MR) is 164 cm³/mol. The lowest BCUT2D eigenvalue weighted by molar-refractivity contribution is -0.162. The summed E-state index contributed by atoms with van der Waals surface area (Å²) in [5.41, 5.74) is 5.01. The van der Waals surface area contributed by atoms with Crippen molar-refractivity contribution in [3.8, 4) is 17.0 Å². The van der Waals surface area contributed by atoms with Crippen LogP contribution in [0.5, 0.6) is 5.75 Å². The van der Waals surface area contributed by atoms with Gasteiger partial charge in [0.15, 0.2) is 6.10 Å². The molecule has 0 radical (unpaired) electrons. The molecular weight excluding hydrogens is 533 g/mol. The summed E-state index contributed by atoms with van der Waals surface area (Å²) in [5, 5.41) is 10.4. The van der Waals surface area contributed by atoms with E-state index in [1.54, 1.807) is 24.5 Å². The zero-order valence-electron chi connectivity index (χ0n) is 26.0. The van der Waals surface area contributed by atoms with Crippen LogP contribution in [0.4, 0.5) is 10.1 Å². The van der Waals surface area contributed by atoms with Gasteiger partial charge in [-0.2, -0.15) is 0 Å². The third-order valence-electron chi connectivity index (χ3n) is 8.40. The number of aryl methyl sites for hydroxylation is 2. The normalized spacial score (nSPS) is 15.9. The van der Waals surface area contributed by atoms with Gasteiger partial charge in [-0.15, -0.1) is 0 Å².